The van der Waals surface area contributed by atoms with Gasteiger partial charge in [0.05, 0.1) is 6.10 Å². The lowest BCUT2D eigenvalue weighted by molar-refractivity contribution is 0.304. The Bertz CT molecular complexity index is 160. The Morgan fingerprint density at radius 1 is 1.33 bits per heavy atom. The predicted octanol–water partition coefficient (Wildman–Crippen LogP) is 3.06. The van der Waals surface area contributed by atoms with Gasteiger partial charge in [-0.15, -0.1) is 0 Å². The molecule has 2 rings (SSSR count). The molecule has 2 heteroatoms. The number of hydrogen-bond donors (Lipinski definition) is 1. The third kappa shape index (κ3) is 1.64. The average Bonchev–Trinajstić information content (AvgIpc) is 2.75. The molecule has 0 amide bonds. The fourth-order valence-corrected chi connectivity index (χ4v) is 2.92. The van der Waals surface area contributed by atoms with Gasteiger partial charge in [-0.05, 0) is 49.9 Å². The normalized spacial score (nSPS) is 46.5. The van der Waals surface area contributed by atoms with Crippen molar-refractivity contribution >= 4 is 12.9 Å². The maximum Gasteiger partial charge on any atom is 0.0754 e. The Labute approximate surface area is 80.5 Å². The zero-order valence-electron chi connectivity index (χ0n) is 7.70. The van der Waals surface area contributed by atoms with Gasteiger partial charge in [0.15, 0.2) is 0 Å². The van der Waals surface area contributed by atoms with Crippen molar-refractivity contribution in [2.45, 2.75) is 45.1 Å². The van der Waals surface area contributed by atoms with Crippen LogP contribution in [0.4, 0.5) is 0 Å². The molecular formula is C10H18OS. The summed E-state index contributed by atoms with van der Waals surface area (Å²) in [5, 5.41) is 0. The Morgan fingerprint density at radius 2 is 2.17 bits per heavy atom. The quantitative estimate of drug-likeness (QED) is 0.526. The monoisotopic (exact) mass is 186 g/mol. The molecule has 1 nitrogen and oxygen atoms in total. The molecule has 2 fully saturated rings. The Morgan fingerprint density at radius 3 is 2.67 bits per heavy atom. The summed E-state index contributed by atoms with van der Waals surface area (Å²) in [6.45, 7) is 2.31. The van der Waals surface area contributed by atoms with E-state index in [1.807, 2.05) is 0 Å². The largest absolute Gasteiger partial charge is 0.315 e. The van der Waals surface area contributed by atoms with Crippen LogP contribution in [0.3, 0.4) is 0 Å². The van der Waals surface area contributed by atoms with E-state index in [9.17, 15) is 0 Å². The van der Waals surface area contributed by atoms with Crippen LogP contribution in [0.15, 0.2) is 0 Å². The fraction of sp³-hybridized carbons (Fsp3) is 1.00. The van der Waals surface area contributed by atoms with Crippen molar-refractivity contribution in [1.29, 1.82) is 0 Å². The highest BCUT2D eigenvalue weighted by atomic mass is 32.1. The molecule has 0 aromatic heterocycles. The lowest BCUT2D eigenvalue weighted by Crippen LogP contribution is -2.02. The van der Waals surface area contributed by atoms with Crippen molar-refractivity contribution in [3.05, 3.63) is 0 Å². The van der Waals surface area contributed by atoms with E-state index in [4.69, 9.17) is 4.18 Å². The Hall–Kier alpha value is 0.310. The lowest BCUT2D eigenvalue weighted by atomic mass is 9.99. The smallest absolute Gasteiger partial charge is 0.0754 e. The predicted molar refractivity (Wildman–Crippen MR) is 53.1 cm³/mol. The van der Waals surface area contributed by atoms with Gasteiger partial charge in [-0.1, -0.05) is 19.8 Å². The second-order valence-electron chi connectivity index (χ2n) is 4.39. The van der Waals surface area contributed by atoms with Crippen LogP contribution < -0.4 is 0 Å². The zero-order valence-corrected chi connectivity index (χ0v) is 8.59. The van der Waals surface area contributed by atoms with E-state index in [2.05, 4.69) is 19.8 Å². The second kappa shape index (κ2) is 3.59. The minimum atomic E-state index is 0.494. The van der Waals surface area contributed by atoms with Gasteiger partial charge in [0, 0.05) is 0 Å². The Balaban J connectivity index is 1.77. The van der Waals surface area contributed by atoms with Crippen LogP contribution in [0, 0.1) is 17.8 Å². The van der Waals surface area contributed by atoms with E-state index in [0.717, 1.165) is 17.8 Å². The van der Waals surface area contributed by atoms with E-state index >= 15 is 0 Å². The molecular weight excluding hydrogens is 168 g/mol. The summed E-state index contributed by atoms with van der Waals surface area (Å²) in [5.74, 6) is 2.84. The summed E-state index contributed by atoms with van der Waals surface area (Å²) >= 11 is 3.88. The van der Waals surface area contributed by atoms with Gasteiger partial charge in [0.25, 0.3) is 0 Å². The van der Waals surface area contributed by atoms with Crippen molar-refractivity contribution in [2.75, 3.05) is 0 Å². The van der Waals surface area contributed by atoms with Crippen LogP contribution >= 0.6 is 12.9 Å². The zero-order chi connectivity index (χ0) is 8.55. The van der Waals surface area contributed by atoms with Crippen molar-refractivity contribution in [1.82, 2.24) is 0 Å². The molecule has 0 aromatic rings. The van der Waals surface area contributed by atoms with Crippen LogP contribution in [-0.2, 0) is 4.18 Å². The lowest BCUT2D eigenvalue weighted by Gasteiger charge is -2.08. The van der Waals surface area contributed by atoms with E-state index in [1.54, 1.807) is 0 Å². The highest BCUT2D eigenvalue weighted by Gasteiger charge is 2.45. The minimum absolute atomic E-state index is 0.494. The molecule has 4 atom stereocenters. The summed E-state index contributed by atoms with van der Waals surface area (Å²) in [6, 6.07) is 0. The van der Waals surface area contributed by atoms with Crippen molar-refractivity contribution < 1.29 is 4.18 Å². The van der Waals surface area contributed by atoms with Gasteiger partial charge < -0.3 is 4.18 Å². The van der Waals surface area contributed by atoms with E-state index in [0.29, 0.717) is 6.10 Å². The van der Waals surface area contributed by atoms with Crippen LogP contribution in [0.25, 0.3) is 0 Å². The van der Waals surface area contributed by atoms with Gasteiger partial charge in [-0.2, -0.15) is 0 Å². The SMILES string of the molecule is CC[C@H]1CCC([C@@H]2CC2OS)C1. The first-order chi connectivity index (χ1) is 5.85. The molecule has 70 valence electrons. The highest BCUT2D eigenvalue weighted by molar-refractivity contribution is 7.75. The topological polar surface area (TPSA) is 9.23 Å². The standard InChI is InChI=1S/C10H18OS/c1-2-7-3-4-8(5-7)9-6-10(9)11-12/h7-10,12H,2-6H2,1H3/t7-,8?,9-,10?/m0/s1. The third-order valence-corrected chi connectivity index (χ3v) is 3.95. The molecule has 0 radical (unpaired) electrons. The van der Waals surface area contributed by atoms with Crippen molar-refractivity contribution in [3.63, 3.8) is 0 Å². The Kier molecular flexibility index (Phi) is 2.66. The van der Waals surface area contributed by atoms with Crippen LogP contribution in [0.2, 0.25) is 0 Å². The first-order valence-corrected chi connectivity index (χ1v) is 5.51. The van der Waals surface area contributed by atoms with Crippen LogP contribution in [-0.4, -0.2) is 6.10 Å². The summed E-state index contributed by atoms with van der Waals surface area (Å²) in [6.07, 6.45) is 7.48. The fourth-order valence-electron chi connectivity index (χ4n) is 2.68. The molecule has 0 N–H and O–H groups in total. The van der Waals surface area contributed by atoms with Gasteiger partial charge >= 0.3 is 0 Å². The third-order valence-electron chi connectivity index (χ3n) is 3.68. The highest BCUT2D eigenvalue weighted by Crippen LogP contribution is 2.49. The minimum Gasteiger partial charge on any atom is -0.315 e. The number of thiol groups is 1. The van der Waals surface area contributed by atoms with Gasteiger partial charge in [-0.25, -0.2) is 0 Å². The van der Waals surface area contributed by atoms with Gasteiger partial charge in [0.1, 0.15) is 0 Å². The molecule has 2 unspecified atom stereocenters. The molecule has 2 saturated carbocycles. The molecule has 2 aliphatic carbocycles. The molecule has 0 aliphatic heterocycles. The number of hydrogen-bond acceptors (Lipinski definition) is 2. The average molecular weight is 186 g/mol. The van der Waals surface area contributed by atoms with Gasteiger partial charge in [0.2, 0.25) is 0 Å². The molecule has 0 saturated heterocycles. The summed E-state index contributed by atoms with van der Waals surface area (Å²) in [4.78, 5) is 0. The summed E-state index contributed by atoms with van der Waals surface area (Å²) in [7, 11) is 0. The molecule has 0 bridgehead atoms. The molecule has 0 spiro atoms. The summed E-state index contributed by atoms with van der Waals surface area (Å²) in [5.41, 5.74) is 0. The van der Waals surface area contributed by atoms with E-state index in [1.165, 1.54) is 32.1 Å². The maximum absolute atomic E-state index is 5.05. The van der Waals surface area contributed by atoms with Crippen LogP contribution in [0.5, 0.6) is 0 Å². The molecule has 2 aliphatic rings. The number of rotatable bonds is 3. The first-order valence-electron chi connectivity index (χ1n) is 5.15. The van der Waals surface area contributed by atoms with Crippen molar-refractivity contribution in [3.8, 4) is 0 Å². The van der Waals surface area contributed by atoms with E-state index < -0.39 is 0 Å². The van der Waals surface area contributed by atoms with Crippen molar-refractivity contribution in [2.24, 2.45) is 17.8 Å². The maximum atomic E-state index is 5.05. The second-order valence-corrected chi connectivity index (χ2v) is 4.60. The molecule has 0 aromatic carbocycles. The van der Waals surface area contributed by atoms with Crippen LogP contribution in [0.1, 0.15) is 39.0 Å². The molecule has 12 heavy (non-hydrogen) atoms. The molecule has 0 heterocycles. The van der Waals surface area contributed by atoms with E-state index in [-0.39, 0.29) is 0 Å². The summed E-state index contributed by atoms with van der Waals surface area (Å²) < 4.78 is 5.05. The first kappa shape index (κ1) is 8.89. The van der Waals surface area contributed by atoms with Gasteiger partial charge in [-0.3, -0.25) is 0 Å².